The SMILES string of the molecule is CC(C)(O)Cn1ncc(-c2c(C(N)=O)c(-c3c(F)cccc3Cl)cn2C2CCCC2)c1C(F)(F)F. The number of nitrogens with zero attached hydrogens (tertiary/aromatic N) is 3. The maximum Gasteiger partial charge on any atom is 0.433 e. The molecule has 1 amide bonds. The van der Waals surface area contributed by atoms with Crippen LogP contribution in [-0.4, -0.2) is 31.0 Å². The van der Waals surface area contributed by atoms with Gasteiger partial charge >= 0.3 is 6.18 Å². The summed E-state index contributed by atoms with van der Waals surface area (Å²) in [6.45, 7) is 2.29. The second-order valence-electron chi connectivity index (χ2n) is 9.45. The summed E-state index contributed by atoms with van der Waals surface area (Å²) < 4.78 is 60.2. The molecule has 4 rings (SSSR count). The van der Waals surface area contributed by atoms with Gasteiger partial charge in [-0.05, 0) is 38.8 Å². The van der Waals surface area contributed by atoms with Crippen LogP contribution in [0.4, 0.5) is 17.6 Å². The first-order valence-electron chi connectivity index (χ1n) is 11.1. The minimum Gasteiger partial charge on any atom is -0.389 e. The number of benzene rings is 1. The molecule has 6 nitrogen and oxygen atoms in total. The smallest absolute Gasteiger partial charge is 0.389 e. The minimum absolute atomic E-state index is 0.00334. The predicted molar refractivity (Wildman–Crippen MR) is 123 cm³/mol. The lowest BCUT2D eigenvalue weighted by Crippen LogP contribution is -2.29. The number of rotatable bonds is 6. The van der Waals surface area contributed by atoms with E-state index in [2.05, 4.69) is 5.10 Å². The Morgan fingerprint density at radius 2 is 1.89 bits per heavy atom. The van der Waals surface area contributed by atoms with E-state index in [1.165, 1.54) is 32.2 Å². The number of hydrogen-bond donors (Lipinski definition) is 2. The largest absolute Gasteiger partial charge is 0.433 e. The lowest BCUT2D eigenvalue weighted by Gasteiger charge is -2.21. The van der Waals surface area contributed by atoms with Crippen molar-refractivity contribution < 1.29 is 27.5 Å². The molecule has 188 valence electrons. The van der Waals surface area contributed by atoms with Crippen molar-refractivity contribution >= 4 is 17.5 Å². The lowest BCUT2D eigenvalue weighted by molar-refractivity contribution is -0.144. The Morgan fingerprint density at radius 1 is 1.23 bits per heavy atom. The third kappa shape index (κ3) is 4.81. The Hall–Kier alpha value is -2.85. The molecule has 1 saturated carbocycles. The van der Waals surface area contributed by atoms with Gasteiger partial charge in [0.1, 0.15) is 5.82 Å². The number of halogens is 5. The van der Waals surface area contributed by atoms with Gasteiger partial charge in [0.2, 0.25) is 0 Å². The highest BCUT2D eigenvalue weighted by atomic mass is 35.5. The summed E-state index contributed by atoms with van der Waals surface area (Å²) in [5.41, 5.74) is 2.26. The molecule has 1 fully saturated rings. The van der Waals surface area contributed by atoms with Crippen LogP contribution in [0, 0.1) is 5.82 Å². The van der Waals surface area contributed by atoms with Crippen molar-refractivity contribution in [2.45, 2.75) is 63.9 Å². The Morgan fingerprint density at radius 3 is 2.43 bits per heavy atom. The summed E-state index contributed by atoms with van der Waals surface area (Å²) >= 11 is 6.26. The van der Waals surface area contributed by atoms with Crippen molar-refractivity contribution in [1.82, 2.24) is 14.3 Å². The molecule has 0 unspecified atom stereocenters. The molecule has 11 heteroatoms. The van der Waals surface area contributed by atoms with Crippen molar-refractivity contribution in [2.24, 2.45) is 5.73 Å². The van der Waals surface area contributed by atoms with Gasteiger partial charge in [-0.2, -0.15) is 18.3 Å². The van der Waals surface area contributed by atoms with Crippen molar-refractivity contribution in [3.05, 3.63) is 52.7 Å². The van der Waals surface area contributed by atoms with Crippen LogP contribution < -0.4 is 5.73 Å². The summed E-state index contributed by atoms with van der Waals surface area (Å²) in [4.78, 5) is 12.7. The van der Waals surface area contributed by atoms with Gasteiger partial charge in [0.15, 0.2) is 5.69 Å². The van der Waals surface area contributed by atoms with Gasteiger partial charge < -0.3 is 15.4 Å². The minimum atomic E-state index is -4.87. The zero-order valence-corrected chi connectivity index (χ0v) is 19.9. The molecule has 0 bridgehead atoms. The van der Waals surface area contributed by atoms with Crippen LogP contribution in [0.25, 0.3) is 22.4 Å². The highest BCUT2D eigenvalue weighted by molar-refractivity contribution is 6.33. The molecule has 2 aromatic heterocycles. The third-order valence-electron chi connectivity index (χ3n) is 6.13. The van der Waals surface area contributed by atoms with Gasteiger partial charge in [0.25, 0.3) is 5.91 Å². The van der Waals surface area contributed by atoms with E-state index in [-0.39, 0.29) is 39.0 Å². The number of carbonyl (C=O) groups is 1. The van der Waals surface area contributed by atoms with Gasteiger partial charge in [-0.3, -0.25) is 9.48 Å². The molecular formula is C24H25ClF4N4O2. The van der Waals surface area contributed by atoms with E-state index >= 15 is 0 Å². The third-order valence-corrected chi connectivity index (χ3v) is 6.44. The summed E-state index contributed by atoms with van der Waals surface area (Å²) in [6.07, 6.45) is 0.652. The number of hydrogen-bond acceptors (Lipinski definition) is 3. The second kappa shape index (κ2) is 8.98. The van der Waals surface area contributed by atoms with Gasteiger partial charge in [-0.25, -0.2) is 4.39 Å². The number of nitrogens with two attached hydrogens (primary N) is 1. The number of aliphatic hydroxyl groups is 1. The van der Waals surface area contributed by atoms with Crippen LogP contribution in [-0.2, 0) is 12.7 Å². The van der Waals surface area contributed by atoms with Crippen LogP contribution >= 0.6 is 11.6 Å². The molecule has 0 atom stereocenters. The van der Waals surface area contributed by atoms with E-state index in [0.717, 1.165) is 25.1 Å². The Balaban J connectivity index is 2.08. The molecule has 0 radical (unpaired) electrons. The van der Waals surface area contributed by atoms with Crippen LogP contribution in [0.5, 0.6) is 0 Å². The number of alkyl halides is 3. The van der Waals surface area contributed by atoms with E-state index in [1.807, 2.05) is 0 Å². The van der Waals surface area contributed by atoms with Crippen molar-refractivity contribution in [3.63, 3.8) is 0 Å². The highest BCUT2D eigenvalue weighted by Gasteiger charge is 2.42. The van der Waals surface area contributed by atoms with Gasteiger partial charge in [0, 0.05) is 28.9 Å². The summed E-state index contributed by atoms with van der Waals surface area (Å²) in [7, 11) is 0. The molecular weight excluding hydrogens is 488 g/mol. The molecule has 0 spiro atoms. The molecule has 1 aliphatic carbocycles. The fourth-order valence-corrected chi connectivity index (χ4v) is 5.07. The van der Waals surface area contributed by atoms with Crippen LogP contribution in [0.2, 0.25) is 5.02 Å². The number of aromatic nitrogens is 3. The second-order valence-corrected chi connectivity index (χ2v) is 9.85. The molecule has 0 saturated heterocycles. The molecule has 35 heavy (non-hydrogen) atoms. The van der Waals surface area contributed by atoms with Crippen molar-refractivity contribution in [2.75, 3.05) is 0 Å². The topological polar surface area (TPSA) is 86.1 Å². The molecule has 1 aromatic carbocycles. The number of primary amides is 1. The molecule has 3 N–H and O–H groups in total. The first-order valence-corrected chi connectivity index (χ1v) is 11.5. The quantitative estimate of drug-likeness (QED) is 0.408. The monoisotopic (exact) mass is 512 g/mol. The van der Waals surface area contributed by atoms with E-state index in [1.54, 1.807) is 4.57 Å². The Kier molecular flexibility index (Phi) is 6.48. The fourth-order valence-electron chi connectivity index (χ4n) is 4.81. The van der Waals surface area contributed by atoms with Crippen LogP contribution in [0.1, 0.15) is 61.6 Å². The van der Waals surface area contributed by atoms with E-state index in [4.69, 9.17) is 17.3 Å². The Labute approximate surface area is 204 Å². The molecule has 1 aliphatic rings. The molecule has 0 aliphatic heterocycles. The van der Waals surface area contributed by atoms with E-state index in [0.29, 0.717) is 17.5 Å². The number of carbonyl (C=O) groups excluding carboxylic acids is 1. The van der Waals surface area contributed by atoms with E-state index in [9.17, 15) is 27.5 Å². The van der Waals surface area contributed by atoms with Crippen LogP contribution in [0.15, 0.2) is 30.6 Å². The summed E-state index contributed by atoms with van der Waals surface area (Å²) in [5.74, 6) is -1.75. The predicted octanol–water partition coefficient (Wildman–Crippen LogP) is 5.81. The summed E-state index contributed by atoms with van der Waals surface area (Å²) in [5, 5.41) is 14.1. The average Bonchev–Trinajstić information content (AvgIpc) is 3.43. The van der Waals surface area contributed by atoms with Crippen LogP contribution in [0.3, 0.4) is 0 Å². The van der Waals surface area contributed by atoms with Gasteiger partial charge in [0.05, 0.1) is 34.6 Å². The zero-order valence-electron chi connectivity index (χ0n) is 19.2. The zero-order chi connectivity index (χ0) is 25.7. The van der Waals surface area contributed by atoms with E-state index < -0.39 is 35.7 Å². The standard InChI is InChI=1S/C24H25ClF4N4O2/c1-23(2,35)12-33-21(24(27,28)29)14(10-31-33)20-19(22(30)34)15(11-32(20)13-6-3-4-7-13)18-16(25)8-5-9-17(18)26/h5,8-11,13,35H,3-4,6-7,12H2,1-2H3,(H2,30,34). The maximum atomic E-state index is 14.9. The fraction of sp³-hybridized carbons (Fsp3) is 0.417. The molecule has 2 heterocycles. The lowest BCUT2D eigenvalue weighted by atomic mass is 9.98. The first-order chi connectivity index (χ1) is 16.3. The van der Waals surface area contributed by atoms with Crippen molar-refractivity contribution in [1.29, 1.82) is 0 Å². The molecule has 3 aromatic rings. The normalized spacial score (nSPS) is 15.2. The van der Waals surface area contributed by atoms with Gasteiger partial charge in [-0.15, -0.1) is 0 Å². The highest BCUT2D eigenvalue weighted by Crippen LogP contribution is 2.46. The first kappa shape index (κ1) is 25.2. The Bertz CT molecular complexity index is 1250. The van der Waals surface area contributed by atoms with Crippen molar-refractivity contribution in [3.8, 4) is 22.4 Å². The average molecular weight is 513 g/mol. The summed E-state index contributed by atoms with van der Waals surface area (Å²) in [6, 6.07) is 3.75. The number of amides is 1. The maximum absolute atomic E-state index is 14.9. The van der Waals surface area contributed by atoms with Gasteiger partial charge in [-0.1, -0.05) is 30.5 Å².